The molecule has 0 aliphatic rings. The van der Waals surface area contributed by atoms with E-state index in [1.165, 1.54) is 0 Å². The topological polar surface area (TPSA) is 70.9 Å². The molecule has 0 aliphatic heterocycles. The molecule has 0 atom stereocenters. The van der Waals surface area contributed by atoms with Crippen molar-refractivity contribution < 1.29 is 9.21 Å². The molecule has 22 heavy (non-hydrogen) atoms. The van der Waals surface area contributed by atoms with Gasteiger partial charge in [-0.2, -0.15) is 5.10 Å². The molecule has 112 valence electrons. The van der Waals surface area contributed by atoms with Crippen LogP contribution in [0, 0.1) is 20.8 Å². The number of aromatic nitrogens is 2. The van der Waals surface area contributed by atoms with Crippen LogP contribution in [0.25, 0.3) is 11.5 Å². The number of furan rings is 1. The van der Waals surface area contributed by atoms with Gasteiger partial charge in [0.15, 0.2) is 11.5 Å². The fourth-order valence-electron chi connectivity index (χ4n) is 2.39. The third-order valence-electron chi connectivity index (χ3n) is 3.30. The molecule has 2 heterocycles. The Bertz CT molecular complexity index is 810. The van der Waals surface area contributed by atoms with Crippen molar-refractivity contribution in [3.63, 3.8) is 0 Å². The predicted molar refractivity (Wildman–Crippen MR) is 84.9 cm³/mol. The smallest absolute Gasteiger partial charge is 0.276 e. The molecule has 0 saturated heterocycles. The van der Waals surface area contributed by atoms with Crippen molar-refractivity contribution in [3.8, 4) is 11.5 Å². The number of benzene rings is 1. The summed E-state index contributed by atoms with van der Waals surface area (Å²) in [6.45, 7) is 5.86. The molecule has 1 aromatic carbocycles. The quantitative estimate of drug-likeness (QED) is 0.771. The summed E-state index contributed by atoms with van der Waals surface area (Å²) >= 11 is 0. The summed E-state index contributed by atoms with van der Waals surface area (Å²) in [6.07, 6.45) is 0. The minimum Gasteiger partial charge on any atom is -0.460 e. The molecule has 0 saturated carbocycles. The van der Waals surface area contributed by atoms with Crippen molar-refractivity contribution in [1.29, 1.82) is 0 Å². The van der Waals surface area contributed by atoms with Gasteiger partial charge < -0.3 is 9.73 Å². The Morgan fingerprint density at radius 2 is 1.82 bits per heavy atom. The van der Waals surface area contributed by atoms with Crippen LogP contribution in [0.1, 0.15) is 27.4 Å². The number of amides is 1. The van der Waals surface area contributed by atoms with E-state index in [0.717, 1.165) is 22.6 Å². The maximum atomic E-state index is 12.3. The summed E-state index contributed by atoms with van der Waals surface area (Å²) in [5.74, 6) is 1.22. The Kier molecular flexibility index (Phi) is 3.55. The first-order valence-electron chi connectivity index (χ1n) is 7.03. The Balaban J connectivity index is 1.79. The molecule has 0 spiro atoms. The minimum atomic E-state index is -0.254. The van der Waals surface area contributed by atoms with Gasteiger partial charge in [0, 0.05) is 11.8 Å². The van der Waals surface area contributed by atoms with Gasteiger partial charge in [-0.3, -0.25) is 9.89 Å². The van der Waals surface area contributed by atoms with Gasteiger partial charge in [0.05, 0.1) is 0 Å². The molecular weight excluding hydrogens is 278 g/mol. The van der Waals surface area contributed by atoms with E-state index in [4.69, 9.17) is 4.42 Å². The van der Waals surface area contributed by atoms with Gasteiger partial charge in [-0.25, -0.2) is 0 Å². The molecule has 0 bridgehead atoms. The van der Waals surface area contributed by atoms with Crippen molar-refractivity contribution >= 4 is 11.6 Å². The number of carbonyl (C=O) groups is 1. The number of H-pyrrole nitrogens is 1. The molecule has 1 amide bonds. The number of carbonyl (C=O) groups excluding carboxylic acids is 1. The molecule has 0 aliphatic carbocycles. The van der Waals surface area contributed by atoms with Gasteiger partial charge in [0.1, 0.15) is 11.5 Å². The summed E-state index contributed by atoms with van der Waals surface area (Å²) in [5, 5.41) is 9.72. The van der Waals surface area contributed by atoms with E-state index in [1.54, 1.807) is 6.07 Å². The van der Waals surface area contributed by atoms with Crippen molar-refractivity contribution in [1.82, 2.24) is 10.2 Å². The molecule has 2 N–H and O–H groups in total. The van der Waals surface area contributed by atoms with Crippen molar-refractivity contribution in [3.05, 3.63) is 59.0 Å². The third kappa shape index (κ3) is 2.93. The van der Waals surface area contributed by atoms with E-state index >= 15 is 0 Å². The highest BCUT2D eigenvalue weighted by molar-refractivity contribution is 6.03. The molecular formula is C17H17N3O2. The predicted octanol–water partition coefficient (Wildman–Crippen LogP) is 3.85. The van der Waals surface area contributed by atoms with Crippen LogP contribution in [-0.2, 0) is 0 Å². The second-order valence-corrected chi connectivity index (χ2v) is 5.41. The molecule has 3 rings (SSSR count). The number of hydrogen-bond acceptors (Lipinski definition) is 3. The Hall–Kier alpha value is -2.82. The standard InChI is InChI=1S/C17H17N3O2/c1-10-6-11(2)8-13(7-10)18-17(21)15-9-14(19-20-15)16-5-4-12(3)22-16/h4-9H,1-3H3,(H,18,21)(H,19,20). The van der Waals surface area contributed by atoms with Crippen LogP contribution in [0.2, 0.25) is 0 Å². The van der Waals surface area contributed by atoms with E-state index in [1.807, 2.05) is 45.0 Å². The van der Waals surface area contributed by atoms with Crippen LogP contribution in [0.3, 0.4) is 0 Å². The maximum Gasteiger partial charge on any atom is 0.276 e. The third-order valence-corrected chi connectivity index (χ3v) is 3.30. The molecule has 5 nitrogen and oxygen atoms in total. The normalized spacial score (nSPS) is 10.7. The number of nitrogens with zero attached hydrogens (tertiary/aromatic N) is 1. The summed E-state index contributed by atoms with van der Waals surface area (Å²) in [6, 6.07) is 11.3. The fourth-order valence-corrected chi connectivity index (χ4v) is 2.39. The zero-order chi connectivity index (χ0) is 15.7. The Labute approximate surface area is 128 Å². The Morgan fingerprint density at radius 1 is 1.09 bits per heavy atom. The van der Waals surface area contributed by atoms with Crippen LogP contribution >= 0.6 is 0 Å². The number of rotatable bonds is 3. The van der Waals surface area contributed by atoms with Crippen LogP contribution < -0.4 is 5.32 Å². The summed E-state index contributed by atoms with van der Waals surface area (Å²) in [7, 11) is 0. The Morgan fingerprint density at radius 3 is 2.45 bits per heavy atom. The van der Waals surface area contributed by atoms with Gasteiger partial charge in [0.25, 0.3) is 5.91 Å². The second-order valence-electron chi connectivity index (χ2n) is 5.41. The zero-order valence-electron chi connectivity index (χ0n) is 12.7. The highest BCUT2D eigenvalue weighted by atomic mass is 16.3. The largest absolute Gasteiger partial charge is 0.460 e. The maximum absolute atomic E-state index is 12.3. The van der Waals surface area contributed by atoms with Gasteiger partial charge >= 0.3 is 0 Å². The molecule has 3 aromatic rings. The van der Waals surface area contributed by atoms with Gasteiger partial charge in [-0.1, -0.05) is 6.07 Å². The minimum absolute atomic E-state index is 0.254. The highest BCUT2D eigenvalue weighted by Gasteiger charge is 2.13. The van der Waals surface area contributed by atoms with E-state index < -0.39 is 0 Å². The first-order chi connectivity index (χ1) is 10.5. The number of aromatic amines is 1. The molecule has 2 aromatic heterocycles. The monoisotopic (exact) mass is 295 g/mol. The number of anilines is 1. The number of nitrogens with one attached hydrogen (secondary N) is 2. The average molecular weight is 295 g/mol. The lowest BCUT2D eigenvalue weighted by Crippen LogP contribution is -2.12. The van der Waals surface area contributed by atoms with Crippen LogP contribution in [0.4, 0.5) is 5.69 Å². The highest BCUT2D eigenvalue weighted by Crippen LogP contribution is 2.21. The fraction of sp³-hybridized carbons (Fsp3) is 0.176. The zero-order valence-corrected chi connectivity index (χ0v) is 12.7. The van der Waals surface area contributed by atoms with E-state index in [-0.39, 0.29) is 5.91 Å². The van der Waals surface area contributed by atoms with Crippen molar-refractivity contribution in [2.45, 2.75) is 20.8 Å². The molecule has 5 heteroatoms. The van der Waals surface area contributed by atoms with Gasteiger partial charge in [0.2, 0.25) is 0 Å². The van der Waals surface area contributed by atoms with E-state index in [2.05, 4.69) is 21.6 Å². The first kappa shape index (κ1) is 14.1. The summed E-state index contributed by atoms with van der Waals surface area (Å²) < 4.78 is 5.51. The second kappa shape index (κ2) is 5.52. The molecule has 0 radical (unpaired) electrons. The van der Waals surface area contributed by atoms with Crippen molar-refractivity contribution in [2.75, 3.05) is 5.32 Å². The first-order valence-corrected chi connectivity index (χ1v) is 7.03. The number of hydrogen-bond donors (Lipinski definition) is 2. The van der Waals surface area contributed by atoms with Gasteiger partial charge in [-0.05, 0) is 56.2 Å². The van der Waals surface area contributed by atoms with E-state index in [0.29, 0.717) is 17.1 Å². The lowest BCUT2D eigenvalue weighted by atomic mass is 10.1. The van der Waals surface area contributed by atoms with Crippen LogP contribution in [0.5, 0.6) is 0 Å². The van der Waals surface area contributed by atoms with Gasteiger partial charge in [-0.15, -0.1) is 0 Å². The van der Waals surface area contributed by atoms with Crippen LogP contribution in [0.15, 0.2) is 40.8 Å². The summed E-state index contributed by atoms with van der Waals surface area (Å²) in [5.41, 5.74) is 3.97. The summed E-state index contributed by atoms with van der Waals surface area (Å²) in [4.78, 5) is 12.3. The SMILES string of the molecule is Cc1cc(C)cc(NC(=O)c2cc(-c3ccc(C)o3)[nH]n2)c1. The number of aryl methyl sites for hydroxylation is 3. The molecule has 0 unspecified atom stereocenters. The van der Waals surface area contributed by atoms with Crippen molar-refractivity contribution in [2.24, 2.45) is 0 Å². The molecule has 0 fully saturated rings. The van der Waals surface area contributed by atoms with Crippen LogP contribution in [-0.4, -0.2) is 16.1 Å². The lowest BCUT2D eigenvalue weighted by Gasteiger charge is -2.05. The van der Waals surface area contributed by atoms with E-state index in [9.17, 15) is 4.79 Å². The average Bonchev–Trinajstić information content (AvgIpc) is 3.05. The lowest BCUT2D eigenvalue weighted by molar-refractivity contribution is 0.102.